The third-order valence-corrected chi connectivity index (χ3v) is 4.97. The van der Waals surface area contributed by atoms with E-state index in [2.05, 4.69) is 29.6 Å². The third kappa shape index (κ3) is 3.54. The largest absolute Gasteiger partial charge is 0.464 e. The van der Waals surface area contributed by atoms with Gasteiger partial charge in [-0.2, -0.15) is 0 Å². The number of ketones is 1. The molecule has 4 heterocycles. The van der Waals surface area contributed by atoms with Gasteiger partial charge in [-0.1, -0.05) is 6.92 Å². The van der Waals surface area contributed by atoms with Gasteiger partial charge in [0.25, 0.3) is 0 Å². The summed E-state index contributed by atoms with van der Waals surface area (Å²) in [5, 5.41) is 3.30. The maximum Gasteiger partial charge on any atom is 0.356 e. The number of rotatable bonds is 5. The van der Waals surface area contributed by atoms with Crippen molar-refractivity contribution in [2.75, 3.05) is 13.7 Å². The van der Waals surface area contributed by atoms with Gasteiger partial charge in [-0.05, 0) is 24.3 Å². The third-order valence-electron chi connectivity index (χ3n) is 4.97. The molecule has 1 aliphatic heterocycles. The highest BCUT2D eigenvalue weighted by Crippen LogP contribution is 2.21. The van der Waals surface area contributed by atoms with E-state index in [0.29, 0.717) is 23.5 Å². The van der Waals surface area contributed by atoms with E-state index in [9.17, 15) is 9.59 Å². The van der Waals surface area contributed by atoms with Crippen molar-refractivity contribution >= 4 is 11.8 Å². The highest BCUT2D eigenvalue weighted by molar-refractivity contribution is 6.08. The fourth-order valence-electron chi connectivity index (χ4n) is 3.44. The van der Waals surface area contributed by atoms with E-state index in [1.54, 1.807) is 36.7 Å². The molecule has 0 saturated heterocycles. The molecule has 0 radical (unpaired) electrons. The summed E-state index contributed by atoms with van der Waals surface area (Å²) >= 11 is 0. The SMILES string of the molecule is CCc1nc(C(=O)c2ccc(-c3ccc(C(=O)OC)nc3)nc2)c2n1CCNC2. The molecule has 4 rings (SSSR count). The summed E-state index contributed by atoms with van der Waals surface area (Å²) < 4.78 is 6.79. The first kappa shape index (κ1) is 18.9. The van der Waals surface area contributed by atoms with Crippen molar-refractivity contribution in [1.29, 1.82) is 0 Å². The van der Waals surface area contributed by atoms with E-state index in [0.717, 1.165) is 36.6 Å². The van der Waals surface area contributed by atoms with Crippen LogP contribution in [0, 0.1) is 0 Å². The van der Waals surface area contributed by atoms with Crippen LogP contribution in [-0.4, -0.2) is 44.9 Å². The van der Waals surface area contributed by atoms with Gasteiger partial charge in [-0.3, -0.25) is 9.78 Å². The normalized spacial score (nSPS) is 13.0. The van der Waals surface area contributed by atoms with Crippen molar-refractivity contribution in [2.24, 2.45) is 0 Å². The molecule has 0 saturated carbocycles. The molecule has 1 aliphatic rings. The first-order chi connectivity index (χ1) is 14.1. The van der Waals surface area contributed by atoms with E-state index in [4.69, 9.17) is 0 Å². The van der Waals surface area contributed by atoms with Gasteiger partial charge >= 0.3 is 5.97 Å². The number of fused-ring (bicyclic) bond motifs is 1. The minimum Gasteiger partial charge on any atom is -0.464 e. The molecular formula is C21H21N5O3. The quantitative estimate of drug-likeness (QED) is 0.525. The first-order valence-corrected chi connectivity index (χ1v) is 9.46. The standard InChI is InChI=1S/C21H21N5O3/c1-3-18-25-19(17-12-22-8-9-26(17)18)20(27)14-5-6-15(23-11-14)13-4-7-16(24-10-13)21(28)29-2/h4-7,10-11,22H,3,8-9,12H2,1-2H3. The number of nitrogens with zero attached hydrogens (tertiary/aromatic N) is 4. The van der Waals surface area contributed by atoms with Crippen LogP contribution in [0.15, 0.2) is 36.7 Å². The minimum atomic E-state index is -0.491. The summed E-state index contributed by atoms with van der Waals surface area (Å²) in [5.41, 5.74) is 3.55. The fourth-order valence-corrected chi connectivity index (χ4v) is 3.44. The Labute approximate surface area is 168 Å². The van der Waals surface area contributed by atoms with Crippen LogP contribution in [-0.2, 0) is 24.2 Å². The van der Waals surface area contributed by atoms with Crippen LogP contribution < -0.4 is 5.32 Å². The van der Waals surface area contributed by atoms with Gasteiger partial charge in [0.1, 0.15) is 17.2 Å². The molecule has 0 aromatic carbocycles. The highest BCUT2D eigenvalue weighted by Gasteiger charge is 2.24. The monoisotopic (exact) mass is 391 g/mol. The Morgan fingerprint density at radius 3 is 2.69 bits per heavy atom. The number of nitrogens with one attached hydrogen (secondary N) is 1. The van der Waals surface area contributed by atoms with Crippen LogP contribution >= 0.6 is 0 Å². The summed E-state index contributed by atoms with van der Waals surface area (Å²) in [5.74, 6) is 0.316. The number of hydrogen-bond donors (Lipinski definition) is 1. The smallest absolute Gasteiger partial charge is 0.356 e. The molecule has 0 unspecified atom stereocenters. The Bertz CT molecular complexity index is 1060. The lowest BCUT2D eigenvalue weighted by Gasteiger charge is -2.18. The number of hydrogen-bond acceptors (Lipinski definition) is 7. The van der Waals surface area contributed by atoms with Gasteiger partial charge in [0, 0.05) is 49.6 Å². The lowest BCUT2D eigenvalue weighted by atomic mass is 10.1. The predicted molar refractivity (Wildman–Crippen MR) is 106 cm³/mol. The van der Waals surface area contributed by atoms with Crippen LogP contribution in [0.5, 0.6) is 0 Å². The van der Waals surface area contributed by atoms with Crippen molar-refractivity contribution in [2.45, 2.75) is 26.4 Å². The molecule has 0 amide bonds. The second-order valence-electron chi connectivity index (χ2n) is 6.69. The molecular weight excluding hydrogens is 370 g/mol. The van der Waals surface area contributed by atoms with Crippen molar-refractivity contribution in [3.8, 4) is 11.3 Å². The Kier molecular flexibility index (Phi) is 5.18. The minimum absolute atomic E-state index is 0.129. The van der Waals surface area contributed by atoms with Crippen LogP contribution in [0.1, 0.15) is 45.0 Å². The van der Waals surface area contributed by atoms with Crippen LogP contribution in [0.2, 0.25) is 0 Å². The van der Waals surface area contributed by atoms with Gasteiger partial charge in [-0.15, -0.1) is 0 Å². The molecule has 0 bridgehead atoms. The molecule has 3 aromatic rings. The maximum atomic E-state index is 13.0. The van der Waals surface area contributed by atoms with E-state index in [1.807, 2.05) is 6.92 Å². The number of methoxy groups -OCH3 is 1. The van der Waals surface area contributed by atoms with E-state index >= 15 is 0 Å². The number of aryl methyl sites for hydroxylation is 1. The van der Waals surface area contributed by atoms with Gasteiger partial charge in [0.2, 0.25) is 5.78 Å². The number of imidazole rings is 1. The molecule has 1 N–H and O–H groups in total. The second kappa shape index (κ2) is 7.92. The lowest BCUT2D eigenvalue weighted by molar-refractivity contribution is 0.0594. The zero-order valence-electron chi connectivity index (χ0n) is 16.3. The number of esters is 1. The topological polar surface area (TPSA) is 99.0 Å². The summed E-state index contributed by atoms with van der Waals surface area (Å²) in [7, 11) is 1.31. The van der Waals surface area contributed by atoms with Gasteiger partial charge in [0.05, 0.1) is 18.5 Å². The van der Waals surface area contributed by atoms with Gasteiger partial charge in [0.15, 0.2) is 0 Å². The average molecular weight is 391 g/mol. The summed E-state index contributed by atoms with van der Waals surface area (Å²) in [4.78, 5) is 37.6. The summed E-state index contributed by atoms with van der Waals surface area (Å²) in [6.45, 7) is 4.38. The number of aromatic nitrogens is 4. The number of carbonyl (C=O) groups is 2. The van der Waals surface area contributed by atoms with E-state index < -0.39 is 5.97 Å². The highest BCUT2D eigenvalue weighted by atomic mass is 16.5. The zero-order chi connectivity index (χ0) is 20.4. The average Bonchev–Trinajstić information content (AvgIpc) is 3.17. The van der Waals surface area contributed by atoms with Crippen LogP contribution in [0.4, 0.5) is 0 Å². The Balaban J connectivity index is 1.59. The molecule has 3 aromatic heterocycles. The van der Waals surface area contributed by atoms with Crippen molar-refractivity contribution in [1.82, 2.24) is 24.8 Å². The molecule has 29 heavy (non-hydrogen) atoms. The summed E-state index contributed by atoms with van der Waals surface area (Å²) in [6.07, 6.45) is 3.90. The number of ether oxygens (including phenoxy) is 1. The van der Waals surface area contributed by atoms with Gasteiger partial charge < -0.3 is 14.6 Å². The molecule has 0 fully saturated rings. The molecule has 148 valence electrons. The summed E-state index contributed by atoms with van der Waals surface area (Å²) in [6, 6.07) is 6.84. The molecule has 0 atom stereocenters. The second-order valence-corrected chi connectivity index (χ2v) is 6.69. The number of carbonyl (C=O) groups excluding carboxylic acids is 2. The van der Waals surface area contributed by atoms with E-state index in [-0.39, 0.29) is 11.5 Å². The Morgan fingerprint density at radius 2 is 2.03 bits per heavy atom. The Morgan fingerprint density at radius 1 is 1.17 bits per heavy atom. The van der Waals surface area contributed by atoms with Gasteiger partial charge in [-0.25, -0.2) is 14.8 Å². The Hall–Kier alpha value is -3.39. The predicted octanol–water partition coefficient (Wildman–Crippen LogP) is 2.02. The molecule has 8 nitrogen and oxygen atoms in total. The van der Waals surface area contributed by atoms with E-state index in [1.165, 1.54) is 7.11 Å². The van der Waals surface area contributed by atoms with Crippen molar-refractivity contribution in [3.63, 3.8) is 0 Å². The van der Waals surface area contributed by atoms with Crippen LogP contribution in [0.25, 0.3) is 11.3 Å². The zero-order valence-corrected chi connectivity index (χ0v) is 16.3. The number of pyridine rings is 2. The first-order valence-electron chi connectivity index (χ1n) is 9.46. The van der Waals surface area contributed by atoms with Crippen molar-refractivity contribution < 1.29 is 14.3 Å². The van der Waals surface area contributed by atoms with Crippen molar-refractivity contribution in [3.05, 3.63) is 65.1 Å². The molecule has 0 spiro atoms. The molecule has 8 heteroatoms. The lowest BCUT2D eigenvalue weighted by Crippen LogP contribution is -2.29. The maximum absolute atomic E-state index is 13.0. The fraction of sp³-hybridized carbons (Fsp3) is 0.286. The van der Waals surface area contributed by atoms with Crippen LogP contribution in [0.3, 0.4) is 0 Å². The molecule has 0 aliphatic carbocycles.